The molecule has 2 heterocycles. The summed E-state index contributed by atoms with van der Waals surface area (Å²) >= 11 is 0. The molecule has 0 spiro atoms. The van der Waals surface area contributed by atoms with Gasteiger partial charge in [-0.3, -0.25) is 9.98 Å². The maximum atomic E-state index is 4.80. The smallest absolute Gasteiger partial charge is 0.194 e. The monoisotopic (exact) mass is 436 g/mol. The lowest BCUT2D eigenvalue weighted by molar-refractivity contribution is 0.379. The summed E-state index contributed by atoms with van der Waals surface area (Å²) < 4.78 is 0. The van der Waals surface area contributed by atoms with Crippen LogP contribution in [0.3, 0.4) is 0 Å². The molecule has 128 valence electrons. The van der Waals surface area contributed by atoms with E-state index in [2.05, 4.69) is 52.5 Å². The summed E-state index contributed by atoms with van der Waals surface area (Å²) in [6.07, 6.45) is 3.80. The van der Waals surface area contributed by atoms with Gasteiger partial charge < -0.3 is 10.2 Å². The summed E-state index contributed by atoms with van der Waals surface area (Å²) in [5.74, 6) is 1.01. The highest BCUT2D eigenvalue weighted by atomic mass is 127. The van der Waals surface area contributed by atoms with Gasteiger partial charge in [0.15, 0.2) is 5.96 Å². The van der Waals surface area contributed by atoms with Gasteiger partial charge >= 0.3 is 0 Å². The molecule has 4 nitrogen and oxygen atoms in total. The third-order valence-corrected chi connectivity index (χ3v) is 4.12. The van der Waals surface area contributed by atoms with Crippen LogP contribution in [0, 0.1) is 0 Å². The van der Waals surface area contributed by atoms with Crippen molar-refractivity contribution in [2.45, 2.75) is 26.3 Å². The number of nitrogens with one attached hydrogen (secondary N) is 1. The first kappa shape index (κ1) is 18.7. The summed E-state index contributed by atoms with van der Waals surface area (Å²) in [4.78, 5) is 11.5. The van der Waals surface area contributed by atoms with E-state index in [0.717, 1.165) is 50.7 Å². The fourth-order valence-electron chi connectivity index (χ4n) is 2.92. The summed E-state index contributed by atoms with van der Waals surface area (Å²) in [6, 6.07) is 14.7. The van der Waals surface area contributed by atoms with E-state index in [9.17, 15) is 0 Å². The molecule has 1 aromatic heterocycles. The molecule has 1 aliphatic heterocycles. The molecule has 0 saturated heterocycles. The Bertz CT molecular complexity index is 657. The number of guanidine groups is 1. The molecule has 24 heavy (non-hydrogen) atoms. The molecule has 2 aromatic rings. The standard InChI is InChI=1S/C19H24N4.HI/c1-2-20-19(22-13-10-18-9-5-6-12-21-18)23-14-11-16-7-3-4-8-17(16)15-23;/h3-9,12H,2,10-11,13-15H2,1H3,(H,20,22);1H. The van der Waals surface area contributed by atoms with Gasteiger partial charge in [-0.05, 0) is 36.6 Å². The lowest BCUT2D eigenvalue weighted by atomic mass is 10.0. The highest BCUT2D eigenvalue weighted by Crippen LogP contribution is 2.18. The number of hydrogen-bond donors (Lipinski definition) is 1. The molecule has 1 N–H and O–H groups in total. The van der Waals surface area contributed by atoms with E-state index in [1.165, 1.54) is 11.1 Å². The first-order valence-corrected chi connectivity index (χ1v) is 8.37. The van der Waals surface area contributed by atoms with Crippen molar-refractivity contribution in [2.24, 2.45) is 4.99 Å². The number of aromatic nitrogens is 1. The molecule has 0 unspecified atom stereocenters. The van der Waals surface area contributed by atoms with E-state index in [0.29, 0.717) is 0 Å². The second-order valence-corrected chi connectivity index (χ2v) is 5.75. The van der Waals surface area contributed by atoms with Gasteiger partial charge in [-0.15, -0.1) is 24.0 Å². The normalized spacial score (nSPS) is 13.9. The number of aliphatic imine (C=N–C) groups is 1. The first-order chi connectivity index (χ1) is 11.4. The van der Waals surface area contributed by atoms with Crippen molar-refractivity contribution in [3.05, 3.63) is 65.5 Å². The second-order valence-electron chi connectivity index (χ2n) is 5.75. The predicted molar refractivity (Wildman–Crippen MR) is 110 cm³/mol. The van der Waals surface area contributed by atoms with Gasteiger partial charge in [-0.2, -0.15) is 0 Å². The predicted octanol–water partition coefficient (Wildman–Crippen LogP) is 3.27. The van der Waals surface area contributed by atoms with Crippen molar-refractivity contribution in [2.75, 3.05) is 19.6 Å². The molecule has 5 heteroatoms. The summed E-state index contributed by atoms with van der Waals surface area (Å²) in [6.45, 7) is 5.72. The Morgan fingerprint density at radius 2 is 1.96 bits per heavy atom. The van der Waals surface area contributed by atoms with Crippen molar-refractivity contribution < 1.29 is 0 Å². The van der Waals surface area contributed by atoms with E-state index < -0.39 is 0 Å². The van der Waals surface area contributed by atoms with Crippen molar-refractivity contribution in [3.8, 4) is 0 Å². The highest BCUT2D eigenvalue weighted by molar-refractivity contribution is 14.0. The van der Waals surface area contributed by atoms with Crippen molar-refractivity contribution >= 4 is 29.9 Å². The fourth-order valence-corrected chi connectivity index (χ4v) is 2.92. The summed E-state index contributed by atoms with van der Waals surface area (Å²) in [5.41, 5.74) is 3.97. The van der Waals surface area contributed by atoms with Crippen LogP contribution < -0.4 is 5.32 Å². The van der Waals surface area contributed by atoms with Gasteiger partial charge in [-0.1, -0.05) is 30.3 Å². The van der Waals surface area contributed by atoms with E-state index in [4.69, 9.17) is 4.99 Å². The molecule has 3 rings (SSSR count). The number of hydrogen-bond acceptors (Lipinski definition) is 2. The largest absolute Gasteiger partial charge is 0.357 e. The third kappa shape index (κ3) is 4.93. The van der Waals surface area contributed by atoms with Crippen LogP contribution in [0.25, 0.3) is 0 Å². The quantitative estimate of drug-likeness (QED) is 0.455. The lowest BCUT2D eigenvalue weighted by Crippen LogP contribution is -2.44. The van der Waals surface area contributed by atoms with Crippen molar-refractivity contribution in [1.29, 1.82) is 0 Å². The van der Waals surface area contributed by atoms with Crippen molar-refractivity contribution in [3.63, 3.8) is 0 Å². The molecule has 0 aliphatic carbocycles. The number of nitrogens with zero attached hydrogens (tertiary/aromatic N) is 3. The number of halogens is 1. The molecule has 0 bridgehead atoms. The van der Waals surface area contributed by atoms with Crippen LogP contribution in [0.5, 0.6) is 0 Å². The van der Waals surface area contributed by atoms with Crippen LogP contribution in [0.1, 0.15) is 23.7 Å². The van der Waals surface area contributed by atoms with Gasteiger partial charge in [0.05, 0.1) is 0 Å². The molecule has 0 amide bonds. The van der Waals surface area contributed by atoms with Crippen LogP contribution >= 0.6 is 24.0 Å². The second kappa shape index (κ2) is 9.61. The number of fused-ring (bicyclic) bond motifs is 1. The third-order valence-electron chi connectivity index (χ3n) is 4.12. The van der Waals surface area contributed by atoms with Gasteiger partial charge in [0.1, 0.15) is 0 Å². The van der Waals surface area contributed by atoms with Crippen molar-refractivity contribution in [1.82, 2.24) is 15.2 Å². The number of pyridine rings is 1. The zero-order valence-electron chi connectivity index (χ0n) is 14.1. The zero-order valence-corrected chi connectivity index (χ0v) is 16.4. The minimum absolute atomic E-state index is 0. The van der Waals surface area contributed by atoms with Gasteiger partial charge in [0.25, 0.3) is 0 Å². The van der Waals surface area contributed by atoms with Crippen LogP contribution in [0.4, 0.5) is 0 Å². The molecule has 0 atom stereocenters. The fraction of sp³-hybridized carbons (Fsp3) is 0.368. The van der Waals surface area contributed by atoms with E-state index in [1.807, 2.05) is 18.3 Å². The molecule has 0 saturated carbocycles. The minimum atomic E-state index is 0. The van der Waals surface area contributed by atoms with E-state index >= 15 is 0 Å². The number of benzene rings is 1. The van der Waals surface area contributed by atoms with E-state index in [-0.39, 0.29) is 24.0 Å². The Morgan fingerprint density at radius 1 is 1.17 bits per heavy atom. The number of rotatable bonds is 4. The van der Waals surface area contributed by atoms with Crippen LogP contribution in [-0.2, 0) is 19.4 Å². The molecule has 1 aromatic carbocycles. The SMILES string of the molecule is CCNC(=NCCc1ccccn1)N1CCc2ccccc2C1.I. The van der Waals surface area contributed by atoms with Crippen LogP contribution in [0.15, 0.2) is 53.7 Å². The Morgan fingerprint density at radius 3 is 2.71 bits per heavy atom. The molecule has 0 radical (unpaired) electrons. The average Bonchev–Trinajstić information content (AvgIpc) is 2.61. The molecule has 0 fully saturated rings. The minimum Gasteiger partial charge on any atom is -0.357 e. The Balaban J connectivity index is 0.00000208. The molecular formula is C19H25IN4. The topological polar surface area (TPSA) is 40.5 Å². The van der Waals surface area contributed by atoms with Gasteiger partial charge in [0.2, 0.25) is 0 Å². The van der Waals surface area contributed by atoms with Gasteiger partial charge in [0, 0.05) is 44.5 Å². The van der Waals surface area contributed by atoms with Gasteiger partial charge in [-0.25, -0.2) is 0 Å². The summed E-state index contributed by atoms with van der Waals surface area (Å²) in [5, 5.41) is 3.42. The lowest BCUT2D eigenvalue weighted by Gasteiger charge is -2.31. The highest BCUT2D eigenvalue weighted by Gasteiger charge is 2.18. The maximum Gasteiger partial charge on any atom is 0.194 e. The molecular weight excluding hydrogens is 411 g/mol. The Labute approximate surface area is 161 Å². The zero-order chi connectivity index (χ0) is 15.9. The Kier molecular flexibility index (Phi) is 7.49. The van der Waals surface area contributed by atoms with Crippen LogP contribution in [0.2, 0.25) is 0 Å². The molecule has 1 aliphatic rings. The Hall–Kier alpha value is -1.63. The maximum absolute atomic E-state index is 4.80. The summed E-state index contributed by atoms with van der Waals surface area (Å²) in [7, 11) is 0. The van der Waals surface area contributed by atoms with E-state index in [1.54, 1.807) is 0 Å². The van der Waals surface area contributed by atoms with Crippen LogP contribution in [-0.4, -0.2) is 35.5 Å². The first-order valence-electron chi connectivity index (χ1n) is 8.37. The average molecular weight is 436 g/mol.